The summed E-state index contributed by atoms with van der Waals surface area (Å²) in [5, 5.41) is 4.36. The van der Waals surface area contributed by atoms with E-state index in [1.807, 2.05) is 17.7 Å². The van der Waals surface area contributed by atoms with Crippen LogP contribution in [0.2, 0.25) is 0 Å². The fraction of sp³-hybridized carbons (Fsp3) is 0.500. The Kier molecular flexibility index (Phi) is 3.10. The quantitative estimate of drug-likeness (QED) is 0.702. The molecule has 0 radical (unpaired) electrons. The van der Waals surface area contributed by atoms with Crippen LogP contribution in [0, 0.1) is 12.3 Å². The van der Waals surface area contributed by atoms with Crippen LogP contribution in [0.1, 0.15) is 31.3 Å². The average molecular weight is 177 g/mol. The van der Waals surface area contributed by atoms with Crippen LogP contribution in [-0.4, -0.2) is 9.78 Å². The molecule has 1 aromatic rings. The monoisotopic (exact) mass is 177 g/mol. The third-order valence-corrected chi connectivity index (χ3v) is 2.02. The summed E-state index contributed by atoms with van der Waals surface area (Å²) in [5.41, 5.74) is 7.72. The smallest absolute Gasteiger partial charge is 0.109 e. The number of hydrogen-bond acceptors (Lipinski definition) is 2. The summed E-state index contributed by atoms with van der Waals surface area (Å²) < 4.78 is 1.86. The molecule has 1 unspecified atom stereocenters. The molecule has 0 spiro atoms. The van der Waals surface area contributed by atoms with Crippen molar-refractivity contribution in [3.8, 4) is 12.3 Å². The first kappa shape index (κ1) is 9.82. The largest absolute Gasteiger partial charge is 0.313 e. The lowest BCUT2D eigenvalue weighted by Crippen LogP contribution is -2.13. The Hall–Kier alpha value is -1.27. The summed E-state index contributed by atoms with van der Waals surface area (Å²) >= 11 is 0. The van der Waals surface area contributed by atoms with Gasteiger partial charge in [-0.1, -0.05) is 12.8 Å². The Morgan fingerprint density at radius 2 is 2.38 bits per heavy atom. The zero-order chi connectivity index (χ0) is 9.84. The zero-order valence-electron chi connectivity index (χ0n) is 8.12. The van der Waals surface area contributed by atoms with E-state index in [-0.39, 0.29) is 6.04 Å². The third-order valence-electron chi connectivity index (χ3n) is 2.02. The second kappa shape index (κ2) is 4.11. The van der Waals surface area contributed by atoms with E-state index in [0.29, 0.717) is 0 Å². The van der Waals surface area contributed by atoms with Crippen LogP contribution < -0.4 is 5.73 Å². The average Bonchev–Trinajstić information content (AvgIpc) is 2.59. The van der Waals surface area contributed by atoms with Crippen LogP contribution in [0.3, 0.4) is 0 Å². The number of hydrogen-bond donors (Lipinski definition) is 1. The van der Waals surface area contributed by atoms with Gasteiger partial charge in [0.05, 0.1) is 11.4 Å². The molecule has 13 heavy (non-hydrogen) atoms. The predicted molar refractivity (Wildman–Crippen MR) is 53.0 cm³/mol. The molecule has 1 aromatic heterocycles. The molecule has 0 aliphatic carbocycles. The van der Waals surface area contributed by atoms with E-state index < -0.39 is 0 Å². The highest BCUT2D eigenvalue weighted by atomic mass is 15.3. The lowest BCUT2D eigenvalue weighted by atomic mass is 10.2. The van der Waals surface area contributed by atoms with Gasteiger partial charge in [0.15, 0.2) is 0 Å². The normalized spacial score (nSPS) is 12.5. The molecule has 1 heterocycles. The highest BCUT2D eigenvalue weighted by molar-refractivity contribution is 5.20. The molecule has 0 amide bonds. The molecular weight excluding hydrogens is 162 g/mol. The van der Waals surface area contributed by atoms with Gasteiger partial charge in [0.25, 0.3) is 0 Å². The lowest BCUT2D eigenvalue weighted by molar-refractivity contribution is 0.603. The number of aryl methyl sites for hydroxylation is 2. The van der Waals surface area contributed by atoms with Crippen LogP contribution >= 0.6 is 0 Å². The van der Waals surface area contributed by atoms with Crippen molar-refractivity contribution in [3.63, 3.8) is 0 Å². The summed E-state index contributed by atoms with van der Waals surface area (Å²) in [4.78, 5) is 0. The van der Waals surface area contributed by atoms with Gasteiger partial charge in [-0.2, -0.15) is 5.10 Å². The third kappa shape index (κ3) is 1.90. The van der Waals surface area contributed by atoms with Crippen LogP contribution in [-0.2, 0) is 13.0 Å². The van der Waals surface area contributed by atoms with Crippen LogP contribution in [0.5, 0.6) is 0 Å². The Morgan fingerprint density at radius 3 is 2.85 bits per heavy atom. The van der Waals surface area contributed by atoms with E-state index in [1.165, 1.54) is 0 Å². The standard InChI is InChI=1S/C10H15N3/c1-4-8-7-10(9(11)5-2)13(6-3)12-8/h2,7,9H,4,6,11H2,1,3H3. The molecule has 1 rings (SSSR count). The highest BCUT2D eigenvalue weighted by Gasteiger charge is 2.10. The molecule has 3 nitrogen and oxygen atoms in total. The Bertz CT molecular complexity index is 319. The maximum Gasteiger partial charge on any atom is 0.109 e. The summed E-state index contributed by atoms with van der Waals surface area (Å²) in [6.07, 6.45) is 6.18. The molecule has 0 bridgehead atoms. The van der Waals surface area contributed by atoms with Gasteiger partial charge in [-0.25, -0.2) is 0 Å². The molecule has 0 saturated carbocycles. The summed E-state index contributed by atoms with van der Waals surface area (Å²) in [7, 11) is 0. The molecule has 70 valence electrons. The molecule has 0 fully saturated rings. The fourth-order valence-electron chi connectivity index (χ4n) is 1.25. The Labute approximate surface area is 78.9 Å². The SMILES string of the molecule is C#CC(N)c1cc(CC)nn1CC. The summed E-state index contributed by atoms with van der Waals surface area (Å²) in [5.74, 6) is 2.51. The highest BCUT2D eigenvalue weighted by Crippen LogP contribution is 2.12. The molecule has 0 aliphatic rings. The van der Waals surface area contributed by atoms with Crippen molar-refractivity contribution in [1.82, 2.24) is 9.78 Å². The topological polar surface area (TPSA) is 43.8 Å². The lowest BCUT2D eigenvalue weighted by Gasteiger charge is -2.05. The summed E-state index contributed by atoms with van der Waals surface area (Å²) in [6.45, 7) is 4.90. The molecular formula is C10H15N3. The van der Waals surface area contributed by atoms with E-state index in [4.69, 9.17) is 12.2 Å². The van der Waals surface area contributed by atoms with Gasteiger partial charge in [0.2, 0.25) is 0 Å². The number of nitrogens with zero attached hydrogens (tertiary/aromatic N) is 2. The van der Waals surface area contributed by atoms with E-state index in [1.54, 1.807) is 0 Å². The van der Waals surface area contributed by atoms with Crippen molar-refractivity contribution in [2.75, 3.05) is 0 Å². The Balaban J connectivity index is 3.05. The summed E-state index contributed by atoms with van der Waals surface area (Å²) in [6, 6.07) is 1.64. The van der Waals surface area contributed by atoms with Crippen molar-refractivity contribution in [2.24, 2.45) is 5.73 Å². The van der Waals surface area contributed by atoms with E-state index in [9.17, 15) is 0 Å². The van der Waals surface area contributed by atoms with Gasteiger partial charge in [0, 0.05) is 6.54 Å². The zero-order valence-corrected chi connectivity index (χ0v) is 8.12. The Morgan fingerprint density at radius 1 is 1.69 bits per heavy atom. The fourth-order valence-corrected chi connectivity index (χ4v) is 1.25. The molecule has 0 aromatic carbocycles. The number of aromatic nitrogens is 2. The van der Waals surface area contributed by atoms with E-state index in [2.05, 4.69) is 17.9 Å². The number of rotatable bonds is 3. The maximum atomic E-state index is 5.74. The molecule has 2 N–H and O–H groups in total. The van der Waals surface area contributed by atoms with Crippen LogP contribution in [0.4, 0.5) is 0 Å². The molecule has 0 saturated heterocycles. The van der Waals surface area contributed by atoms with Crippen molar-refractivity contribution < 1.29 is 0 Å². The molecule has 3 heteroatoms. The number of terminal acetylenes is 1. The first-order valence-corrected chi connectivity index (χ1v) is 4.51. The second-order valence-electron chi connectivity index (χ2n) is 2.87. The van der Waals surface area contributed by atoms with Gasteiger partial charge in [-0.3, -0.25) is 4.68 Å². The van der Waals surface area contributed by atoms with Crippen LogP contribution in [0.15, 0.2) is 6.07 Å². The minimum Gasteiger partial charge on any atom is -0.313 e. The van der Waals surface area contributed by atoms with Gasteiger partial charge in [0.1, 0.15) is 6.04 Å². The van der Waals surface area contributed by atoms with Crippen LogP contribution in [0.25, 0.3) is 0 Å². The molecule has 0 aliphatic heterocycles. The van der Waals surface area contributed by atoms with Crippen molar-refractivity contribution >= 4 is 0 Å². The predicted octanol–water partition coefficient (Wildman–Crippen LogP) is 1.10. The van der Waals surface area contributed by atoms with Gasteiger partial charge in [-0.15, -0.1) is 6.42 Å². The first-order chi connectivity index (χ1) is 6.22. The van der Waals surface area contributed by atoms with E-state index >= 15 is 0 Å². The first-order valence-electron chi connectivity index (χ1n) is 4.51. The minimum atomic E-state index is -0.340. The van der Waals surface area contributed by atoms with Crippen molar-refractivity contribution in [2.45, 2.75) is 32.9 Å². The van der Waals surface area contributed by atoms with Crippen molar-refractivity contribution in [3.05, 3.63) is 17.5 Å². The maximum absolute atomic E-state index is 5.74. The second-order valence-corrected chi connectivity index (χ2v) is 2.87. The van der Waals surface area contributed by atoms with Gasteiger partial charge in [-0.05, 0) is 19.4 Å². The van der Waals surface area contributed by atoms with Crippen molar-refractivity contribution in [1.29, 1.82) is 0 Å². The molecule has 1 atom stereocenters. The minimum absolute atomic E-state index is 0.340. The van der Waals surface area contributed by atoms with E-state index in [0.717, 1.165) is 24.4 Å². The number of nitrogens with two attached hydrogens (primary N) is 1. The van der Waals surface area contributed by atoms with Gasteiger partial charge < -0.3 is 5.73 Å². The van der Waals surface area contributed by atoms with Gasteiger partial charge >= 0.3 is 0 Å².